The molecule has 0 unspecified atom stereocenters. The van der Waals surface area contributed by atoms with Gasteiger partial charge in [-0.1, -0.05) is 6.92 Å². The first-order valence-corrected chi connectivity index (χ1v) is 6.71. The highest BCUT2D eigenvalue weighted by molar-refractivity contribution is 5.70. The number of fused-ring (bicyclic) bond motifs is 1. The number of ether oxygens (including phenoxy) is 1. The molecule has 0 aromatic carbocycles. The van der Waals surface area contributed by atoms with E-state index in [1.807, 2.05) is 6.92 Å². The predicted octanol–water partition coefficient (Wildman–Crippen LogP) is -1.09. The molecule has 0 saturated carbocycles. The van der Waals surface area contributed by atoms with E-state index >= 15 is 0 Å². The van der Waals surface area contributed by atoms with Gasteiger partial charge in [-0.05, 0) is 6.42 Å². The van der Waals surface area contributed by atoms with E-state index in [1.165, 1.54) is 6.33 Å². The number of nitrogens with two attached hydrogens (primary N) is 1. The monoisotopic (exact) mass is 295 g/mol. The van der Waals surface area contributed by atoms with Gasteiger partial charge >= 0.3 is 0 Å². The SMILES string of the molecule is CC[C@]1(n2cnc3c(=O)[nH]c(N)nc32)C[C@H](O)[C@@H](CO)O1. The third kappa shape index (κ3) is 2.01. The topological polar surface area (TPSA) is 139 Å². The molecule has 9 nitrogen and oxygen atoms in total. The van der Waals surface area contributed by atoms with Gasteiger partial charge in [0, 0.05) is 6.42 Å². The highest BCUT2D eigenvalue weighted by Gasteiger charge is 2.46. The first kappa shape index (κ1) is 14.0. The second-order valence-electron chi connectivity index (χ2n) is 5.15. The Morgan fingerprint density at radius 3 is 3.05 bits per heavy atom. The average molecular weight is 295 g/mol. The second-order valence-corrected chi connectivity index (χ2v) is 5.15. The number of aliphatic hydroxyl groups is 2. The Morgan fingerprint density at radius 2 is 2.43 bits per heavy atom. The van der Waals surface area contributed by atoms with Crippen molar-refractivity contribution in [3.05, 3.63) is 16.7 Å². The standard InChI is InChI=1S/C12H17N5O4/c1-2-12(3-6(19)7(4-18)21-12)17-5-14-8-9(17)15-11(13)16-10(8)20/h5-7,18-19H,2-4H2,1H3,(H3,13,15,16,20)/t6-,7+,12+/m0/s1. The van der Waals surface area contributed by atoms with Crippen molar-refractivity contribution < 1.29 is 14.9 Å². The molecule has 3 atom stereocenters. The van der Waals surface area contributed by atoms with Crippen molar-refractivity contribution in [3.8, 4) is 0 Å². The number of H-pyrrole nitrogens is 1. The maximum Gasteiger partial charge on any atom is 0.280 e. The zero-order valence-electron chi connectivity index (χ0n) is 11.5. The summed E-state index contributed by atoms with van der Waals surface area (Å²) in [6, 6.07) is 0. The van der Waals surface area contributed by atoms with E-state index in [2.05, 4.69) is 15.0 Å². The van der Waals surface area contributed by atoms with E-state index in [0.29, 0.717) is 12.1 Å². The number of nitrogens with zero attached hydrogens (tertiary/aromatic N) is 3. The summed E-state index contributed by atoms with van der Waals surface area (Å²) in [5.74, 6) is -0.0160. The van der Waals surface area contributed by atoms with Crippen LogP contribution in [0.2, 0.25) is 0 Å². The average Bonchev–Trinajstić information content (AvgIpc) is 3.00. The van der Waals surface area contributed by atoms with E-state index in [0.717, 1.165) is 0 Å². The van der Waals surface area contributed by atoms with Crippen molar-refractivity contribution in [1.29, 1.82) is 0 Å². The fourth-order valence-corrected chi connectivity index (χ4v) is 2.80. The van der Waals surface area contributed by atoms with Gasteiger partial charge in [-0.25, -0.2) is 4.98 Å². The fourth-order valence-electron chi connectivity index (χ4n) is 2.80. The van der Waals surface area contributed by atoms with Crippen LogP contribution in [0.3, 0.4) is 0 Å². The lowest BCUT2D eigenvalue weighted by molar-refractivity contribution is -0.117. The summed E-state index contributed by atoms with van der Waals surface area (Å²) in [6.45, 7) is 1.60. The molecule has 1 aliphatic heterocycles. The molecule has 1 fully saturated rings. The van der Waals surface area contributed by atoms with E-state index in [4.69, 9.17) is 10.5 Å². The number of aromatic amines is 1. The molecular formula is C12H17N5O4. The Labute approximate surface area is 119 Å². The molecule has 2 aromatic rings. The number of aliphatic hydroxyl groups excluding tert-OH is 2. The van der Waals surface area contributed by atoms with Crippen molar-refractivity contribution in [2.24, 2.45) is 0 Å². The summed E-state index contributed by atoms with van der Waals surface area (Å²) in [6.07, 6.45) is 0.755. The normalized spacial score (nSPS) is 29.3. The maximum absolute atomic E-state index is 11.8. The molecular weight excluding hydrogens is 278 g/mol. The van der Waals surface area contributed by atoms with Crippen LogP contribution >= 0.6 is 0 Å². The molecule has 1 aliphatic rings. The quantitative estimate of drug-likeness (QED) is 0.564. The number of aromatic nitrogens is 4. The number of nitrogens with one attached hydrogen (secondary N) is 1. The second kappa shape index (κ2) is 4.79. The summed E-state index contributed by atoms with van der Waals surface area (Å²) in [7, 11) is 0. The van der Waals surface area contributed by atoms with E-state index < -0.39 is 23.5 Å². The summed E-state index contributed by atoms with van der Waals surface area (Å²) in [5, 5.41) is 19.3. The van der Waals surface area contributed by atoms with Crippen molar-refractivity contribution in [2.75, 3.05) is 12.3 Å². The highest BCUT2D eigenvalue weighted by atomic mass is 16.6. The molecule has 1 saturated heterocycles. The molecule has 3 rings (SSSR count). The number of hydrogen-bond donors (Lipinski definition) is 4. The van der Waals surface area contributed by atoms with Crippen LogP contribution in [0.15, 0.2) is 11.1 Å². The molecule has 9 heteroatoms. The van der Waals surface area contributed by atoms with Gasteiger partial charge < -0.3 is 20.7 Å². The number of imidazole rings is 1. The maximum atomic E-state index is 11.8. The largest absolute Gasteiger partial charge is 0.394 e. The van der Waals surface area contributed by atoms with Gasteiger partial charge in [-0.3, -0.25) is 14.3 Å². The zero-order chi connectivity index (χ0) is 15.2. The molecule has 0 amide bonds. The number of nitrogen functional groups attached to an aromatic ring is 1. The van der Waals surface area contributed by atoms with Crippen molar-refractivity contribution >= 4 is 17.1 Å². The van der Waals surface area contributed by atoms with Gasteiger partial charge in [0.25, 0.3) is 5.56 Å². The zero-order valence-corrected chi connectivity index (χ0v) is 11.5. The van der Waals surface area contributed by atoms with Crippen LogP contribution in [0.25, 0.3) is 11.2 Å². The lowest BCUT2D eigenvalue weighted by Crippen LogP contribution is -2.33. The molecule has 3 heterocycles. The molecule has 114 valence electrons. The van der Waals surface area contributed by atoms with Crippen LogP contribution in [0.1, 0.15) is 19.8 Å². The Morgan fingerprint density at radius 1 is 1.67 bits per heavy atom. The third-order valence-corrected chi connectivity index (χ3v) is 3.92. The van der Waals surface area contributed by atoms with Crippen LogP contribution in [-0.2, 0) is 10.5 Å². The van der Waals surface area contributed by atoms with E-state index in [9.17, 15) is 15.0 Å². The van der Waals surface area contributed by atoms with Crippen molar-refractivity contribution in [1.82, 2.24) is 19.5 Å². The summed E-state index contributed by atoms with van der Waals surface area (Å²) >= 11 is 0. The number of hydrogen-bond acceptors (Lipinski definition) is 7. The molecule has 2 aromatic heterocycles. The highest BCUT2D eigenvalue weighted by Crippen LogP contribution is 2.39. The van der Waals surface area contributed by atoms with Gasteiger partial charge in [0.15, 0.2) is 11.2 Å². The minimum absolute atomic E-state index is 0.0160. The van der Waals surface area contributed by atoms with Gasteiger partial charge in [0.1, 0.15) is 11.8 Å². The van der Waals surface area contributed by atoms with Crippen LogP contribution in [0.4, 0.5) is 5.95 Å². The number of rotatable bonds is 3. The lowest BCUT2D eigenvalue weighted by atomic mass is 10.0. The Bertz CT molecular complexity index is 726. The predicted molar refractivity (Wildman–Crippen MR) is 73.4 cm³/mol. The Kier molecular flexibility index (Phi) is 3.19. The molecule has 0 bridgehead atoms. The molecule has 21 heavy (non-hydrogen) atoms. The summed E-state index contributed by atoms with van der Waals surface area (Å²) in [5.41, 5.74) is 4.69. The number of anilines is 1. The van der Waals surface area contributed by atoms with Crippen LogP contribution in [-0.4, -0.2) is 48.5 Å². The van der Waals surface area contributed by atoms with Crippen LogP contribution < -0.4 is 11.3 Å². The molecule has 0 aliphatic carbocycles. The van der Waals surface area contributed by atoms with Gasteiger partial charge in [-0.2, -0.15) is 4.98 Å². The molecule has 0 spiro atoms. The molecule has 0 radical (unpaired) electrons. The third-order valence-electron chi connectivity index (χ3n) is 3.92. The fraction of sp³-hybridized carbons (Fsp3) is 0.583. The van der Waals surface area contributed by atoms with E-state index in [-0.39, 0.29) is 24.5 Å². The van der Waals surface area contributed by atoms with Gasteiger partial charge in [0.2, 0.25) is 5.95 Å². The minimum atomic E-state index is -0.908. The first-order chi connectivity index (χ1) is 10.0. The lowest BCUT2D eigenvalue weighted by Gasteiger charge is -2.29. The van der Waals surface area contributed by atoms with Gasteiger partial charge in [-0.15, -0.1) is 0 Å². The van der Waals surface area contributed by atoms with Crippen LogP contribution in [0, 0.1) is 0 Å². The smallest absolute Gasteiger partial charge is 0.280 e. The first-order valence-electron chi connectivity index (χ1n) is 6.71. The van der Waals surface area contributed by atoms with Crippen molar-refractivity contribution in [2.45, 2.75) is 37.7 Å². The van der Waals surface area contributed by atoms with E-state index in [1.54, 1.807) is 4.57 Å². The van der Waals surface area contributed by atoms with Crippen molar-refractivity contribution in [3.63, 3.8) is 0 Å². The Hall–Kier alpha value is -1.97. The minimum Gasteiger partial charge on any atom is -0.394 e. The van der Waals surface area contributed by atoms with Crippen LogP contribution in [0.5, 0.6) is 0 Å². The summed E-state index contributed by atoms with van der Waals surface area (Å²) in [4.78, 5) is 22.4. The molecule has 5 N–H and O–H groups in total. The Balaban J connectivity index is 2.17. The summed E-state index contributed by atoms with van der Waals surface area (Å²) < 4.78 is 7.43. The van der Waals surface area contributed by atoms with Gasteiger partial charge in [0.05, 0.1) is 19.0 Å².